The quantitative estimate of drug-likeness (QED) is 0.635. The molecule has 2 amide bonds. The van der Waals surface area contributed by atoms with Crippen LogP contribution in [0.25, 0.3) is 0 Å². The van der Waals surface area contributed by atoms with Crippen molar-refractivity contribution >= 4 is 12.0 Å². The van der Waals surface area contributed by atoms with Crippen molar-refractivity contribution in [2.45, 2.75) is 32.8 Å². The maximum atomic E-state index is 11.4. The Morgan fingerprint density at radius 1 is 1.57 bits per heavy atom. The lowest BCUT2D eigenvalue weighted by Gasteiger charge is -2.26. The highest BCUT2D eigenvalue weighted by molar-refractivity contribution is 5.82. The first-order valence-electron chi connectivity index (χ1n) is 4.37. The Kier molecular flexibility index (Phi) is 2.78. The molecule has 1 heterocycles. The number of ether oxygens (including phenoxy) is 1. The fraction of sp³-hybridized carbons (Fsp3) is 0.556. The molecule has 78 valence electrons. The topological polar surface area (TPSA) is 58.6 Å². The van der Waals surface area contributed by atoms with E-state index in [9.17, 15) is 9.59 Å². The van der Waals surface area contributed by atoms with Crippen LogP contribution in [0.1, 0.15) is 27.2 Å². The lowest BCUT2D eigenvalue weighted by molar-refractivity contribution is -0.124. The fourth-order valence-corrected chi connectivity index (χ4v) is 0.900. The molecule has 0 atom stereocenters. The summed E-state index contributed by atoms with van der Waals surface area (Å²) in [5.41, 5.74) is 1.81. The van der Waals surface area contributed by atoms with Gasteiger partial charge >= 0.3 is 6.09 Å². The molecule has 0 aromatic rings. The van der Waals surface area contributed by atoms with E-state index in [0.29, 0.717) is 6.42 Å². The summed E-state index contributed by atoms with van der Waals surface area (Å²) in [6.07, 6.45) is 2.79. The Labute approximate surface area is 82.7 Å². The van der Waals surface area contributed by atoms with Gasteiger partial charge in [-0.2, -0.15) is 5.01 Å². The second-order valence-corrected chi connectivity index (χ2v) is 3.97. The van der Waals surface area contributed by atoms with Crippen LogP contribution in [-0.4, -0.2) is 22.6 Å². The molecule has 0 bridgehead atoms. The zero-order chi connectivity index (χ0) is 10.8. The van der Waals surface area contributed by atoms with Crippen LogP contribution in [0, 0.1) is 0 Å². The van der Waals surface area contributed by atoms with E-state index in [-0.39, 0.29) is 5.91 Å². The molecule has 0 aromatic heterocycles. The van der Waals surface area contributed by atoms with Gasteiger partial charge in [0.1, 0.15) is 5.60 Å². The second kappa shape index (κ2) is 3.69. The van der Waals surface area contributed by atoms with E-state index in [4.69, 9.17) is 4.74 Å². The highest BCUT2D eigenvalue weighted by Gasteiger charge is 2.23. The first-order valence-corrected chi connectivity index (χ1v) is 4.37. The third-order valence-electron chi connectivity index (χ3n) is 1.39. The summed E-state index contributed by atoms with van der Waals surface area (Å²) >= 11 is 0. The Hall–Kier alpha value is -1.52. The molecule has 5 nitrogen and oxygen atoms in total. The second-order valence-electron chi connectivity index (χ2n) is 3.97. The van der Waals surface area contributed by atoms with Crippen LogP contribution in [-0.2, 0) is 9.53 Å². The van der Waals surface area contributed by atoms with Gasteiger partial charge < -0.3 is 4.74 Å². The van der Waals surface area contributed by atoms with Crippen molar-refractivity contribution in [3.8, 4) is 0 Å². The normalized spacial score (nSPS) is 16.5. The predicted octanol–water partition coefficient (Wildman–Crippen LogP) is 1.17. The third kappa shape index (κ3) is 3.08. The van der Waals surface area contributed by atoms with E-state index in [1.54, 1.807) is 26.8 Å². The third-order valence-corrected chi connectivity index (χ3v) is 1.39. The van der Waals surface area contributed by atoms with Gasteiger partial charge in [0.15, 0.2) is 0 Å². The van der Waals surface area contributed by atoms with Crippen molar-refractivity contribution in [3.05, 3.63) is 12.3 Å². The van der Waals surface area contributed by atoms with Crippen molar-refractivity contribution in [3.63, 3.8) is 0 Å². The minimum Gasteiger partial charge on any atom is -0.442 e. The van der Waals surface area contributed by atoms with Gasteiger partial charge in [0.25, 0.3) is 0 Å². The number of nitrogens with one attached hydrogen (secondary N) is 1. The van der Waals surface area contributed by atoms with Crippen molar-refractivity contribution in [2.24, 2.45) is 0 Å². The average molecular weight is 198 g/mol. The minimum atomic E-state index is -0.582. The predicted molar refractivity (Wildman–Crippen MR) is 50.0 cm³/mol. The van der Waals surface area contributed by atoms with E-state index >= 15 is 0 Å². The van der Waals surface area contributed by atoms with Crippen molar-refractivity contribution in [2.75, 3.05) is 0 Å². The van der Waals surface area contributed by atoms with Gasteiger partial charge in [0, 0.05) is 12.6 Å². The maximum absolute atomic E-state index is 11.4. The summed E-state index contributed by atoms with van der Waals surface area (Å²) in [7, 11) is 0. The van der Waals surface area contributed by atoms with Crippen LogP contribution >= 0.6 is 0 Å². The van der Waals surface area contributed by atoms with Crippen LogP contribution in [0.15, 0.2) is 12.3 Å². The molecule has 0 aliphatic carbocycles. The summed E-state index contributed by atoms with van der Waals surface area (Å²) in [4.78, 5) is 22.3. The Morgan fingerprint density at radius 2 is 2.21 bits per heavy atom. The summed E-state index contributed by atoms with van der Waals surface area (Å²) in [6, 6.07) is 0. The molecule has 0 aromatic carbocycles. The van der Waals surface area contributed by atoms with E-state index < -0.39 is 11.7 Å². The molecule has 14 heavy (non-hydrogen) atoms. The largest absolute Gasteiger partial charge is 0.442 e. The SMILES string of the molecule is CC(C)(C)OC(=O)N1C=CCC(=O)N1. The van der Waals surface area contributed by atoms with E-state index in [2.05, 4.69) is 5.43 Å². The van der Waals surface area contributed by atoms with Gasteiger partial charge in [0.2, 0.25) is 5.91 Å². The average Bonchev–Trinajstić information content (AvgIpc) is 2.01. The fourth-order valence-electron chi connectivity index (χ4n) is 0.900. The van der Waals surface area contributed by atoms with Crippen LogP contribution in [0.4, 0.5) is 4.79 Å². The van der Waals surface area contributed by atoms with Crippen molar-refractivity contribution < 1.29 is 14.3 Å². The maximum Gasteiger partial charge on any atom is 0.433 e. The Bertz CT molecular complexity index is 278. The van der Waals surface area contributed by atoms with Gasteiger partial charge in [-0.1, -0.05) is 6.08 Å². The molecule has 1 aliphatic heterocycles. The number of amides is 2. The van der Waals surface area contributed by atoms with Gasteiger partial charge in [-0.25, -0.2) is 4.79 Å². The summed E-state index contributed by atoms with van der Waals surface area (Å²) < 4.78 is 5.05. The molecule has 0 radical (unpaired) electrons. The van der Waals surface area contributed by atoms with Crippen LogP contribution in [0.3, 0.4) is 0 Å². The molecule has 0 unspecified atom stereocenters. The molecule has 5 heteroatoms. The number of rotatable bonds is 0. The standard InChI is InChI=1S/C9H14N2O3/c1-9(2,3)14-8(13)11-6-4-5-7(12)10-11/h4,6H,5H2,1-3H3,(H,10,12). The number of carbonyl (C=O) groups excluding carboxylic acids is 2. The smallest absolute Gasteiger partial charge is 0.433 e. The first kappa shape index (κ1) is 10.6. The lowest BCUT2D eigenvalue weighted by Crippen LogP contribution is -2.46. The summed E-state index contributed by atoms with van der Waals surface area (Å²) in [5.74, 6) is -0.224. The number of hydrazine groups is 1. The molecule has 0 spiro atoms. The number of hydrogen-bond donors (Lipinski definition) is 1. The van der Waals surface area contributed by atoms with E-state index in [0.717, 1.165) is 5.01 Å². The molecular formula is C9H14N2O3. The molecule has 0 fully saturated rings. The monoisotopic (exact) mass is 198 g/mol. The van der Waals surface area contributed by atoms with Crippen molar-refractivity contribution in [1.82, 2.24) is 10.4 Å². The molecule has 0 saturated heterocycles. The Morgan fingerprint density at radius 3 is 2.71 bits per heavy atom. The Balaban J connectivity index is 2.57. The van der Waals surface area contributed by atoms with E-state index in [1.165, 1.54) is 6.20 Å². The zero-order valence-electron chi connectivity index (χ0n) is 8.53. The van der Waals surface area contributed by atoms with Crippen LogP contribution in [0.2, 0.25) is 0 Å². The molecule has 1 N–H and O–H groups in total. The molecule has 1 aliphatic rings. The van der Waals surface area contributed by atoms with Crippen LogP contribution < -0.4 is 5.43 Å². The number of hydrogen-bond acceptors (Lipinski definition) is 3. The highest BCUT2D eigenvalue weighted by Crippen LogP contribution is 2.10. The summed E-state index contributed by atoms with van der Waals surface area (Å²) in [6.45, 7) is 5.29. The summed E-state index contributed by atoms with van der Waals surface area (Å²) in [5, 5.41) is 1.04. The first-order chi connectivity index (χ1) is 6.38. The number of carbonyl (C=O) groups is 2. The van der Waals surface area contributed by atoms with Gasteiger partial charge in [-0.05, 0) is 20.8 Å². The number of nitrogens with zero attached hydrogens (tertiary/aromatic N) is 1. The zero-order valence-corrected chi connectivity index (χ0v) is 8.53. The molecule has 0 saturated carbocycles. The van der Waals surface area contributed by atoms with Crippen molar-refractivity contribution in [1.29, 1.82) is 0 Å². The lowest BCUT2D eigenvalue weighted by atomic mass is 10.2. The highest BCUT2D eigenvalue weighted by atomic mass is 16.6. The van der Waals surface area contributed by atoms with E-state index in [1.807, 2.05) is 0 Å². The van der Waals surface area contributed by atoms with Gasteiger partial charge in [0.05, 0.1) is 0 Å². The molecule has 1 rings (SSSR count). The van der Waals surface area contributed by atoms with Crippen LogP contribution in [0.5, 0.6) is 0 Å². The minimum absolute atomic E-state index is 0.224. The molecular weight excluding hydrogens is 184 g/mol. The van der Waals surface area contributed by atoms with Gasteiger partial charge in [-0.15, -0.1) is 0 Å². The van der Waals surface area contributed by atoms with Gasteiger partial charge in [-0.3, -0.25) is 10.2 Å².